The standard InChI is InChI=1S/C27H27N5O3S/c1-18-5-9-20(10-6-18)26-30-31-27(32(26)22-11-7-19(2)8-12-22)36-17-25(33)29-28-16-21-15-23(34-3)13-14-24(21)35-4/h5-16H,17H2,1-4H3,(H,29,33)/b28-16-. The van der Waals surface area contributed by atoms with Gasteiger partial charge in [0.2, 0.25) is 0 Å². The first-order valence-corrected chi connectivity index (χ1v) is 12.2. The van der Waals surface area contributed by atoms with Gasteiger partial charge in [-0.3, -0.25) is 9.36 Å². The van der Waals surface area contributed by atoms with Gasteiger partial charge >= 0.3 is 0 Å². The van der Waals surface area contributed by atoms with Crippen molar-refractivity contribution in [2.45, 2.75) is 19.0 Å². The van der Waals surface area contributed by atoms with Crippen LogP contribution in [0.15, 0.2) is 77.0 Å². The van der Waals surface area contributed by atoms with Gasteiger partial charge in [0, 0.05) is 16.8 Å². The number of hydrogen-bond donors (Lipinski definition) is 1. The molecule has 0 spiro atoms. The summed E-state index contributed by atoms with van der Waals surface area (Å²) in [4.78, 5) is 12.5. The van der Waals surface area contributed by atoms with E-state index in [-0.39, 0.29) is 11.7 Å². The van der Waals surface area contributed by atoms with E-state index in [0.29, 0.717) is 28.0 Å². The molecule has 0 bridgehead atoms. The summed E-state index contributed by atoms with van der Waals surface area (Å²) >= 11 is 1.29. The molecule has 8 nitrogen and oxygen atoms in total. The maximum Gasteiger partial charge on any atom is 0.250 e. The van der Waals surface area contributed by atoms with Crippen molar-refractivity contribution >= 4 is 23.9 Å². The fourth-order valence-corrected chi connectivity index (χ4v) is 4.20. The van der Waals surface area contributed by atoms with Crippen molar-refractivity contribution in [3.63, 3.8) is 0 Å². The molecule has 1 N–H and O–H groups in total. The van der Waals surface area contributed by atoms with Crippen LogP contribution in [0.25, 0.3) is 17.1 Å². The minimum atomic E-state index is -0.270. The molecule has 0 unspecified atom stereocenters. The Bertz CT molecular complexity index is 1370. The highest BCUT2D eigenvalue weighted by atomic mass is 32.2. The number of carbonyl (C=O) groups is 1. The van der Waals surface area contributed by atoms with Gasteiger partial charge in [0.15, 0.2) is 11.0 Å². The molecule has 0 fully saturated rings. The number of amides is 1. The maximum atomic E-state index is 12.5. The molecule has 184 valence electrons. The SMILES string of the molecule is COc1ccc(OC)c(/C=N\NC(=O)CSc2nnc(-c3ccc(C)cc3)n2-c2ccc(C)cc2)c1. The van der Waals surface area contributed by atoms with E-state index in [2.05, 4.69) is 20.7 Å². The average Bonchev–Trinajstić information content (AvgIpc) is 3.32. The number of carbonyl (C=O) groups excluding carboxylic acids is 1. The van der Waals surface area contributed by atoms with Crippen molar-refractivity contribution in [3.8, 4) is 28.6 Å². The lowest BCUT2D eigenvalue weighted by Gasteiger charge is -2.11. The van der Waals surface area contributed by atoms with E-state index in [1.165, 1.54) is 23.5 Å². The minimum Gasteiger partial charge on any atom is -0.497 e. The molecule has 0 atom stereocenters. The molecule has 0 aliphatic heterocycles. The number of hydrogen-bond acceptors (Lipinski definition) is 7. The van der Waals surface area contributed by atoms with Crippen LogP contribution in [0.1, 0.15) is 16.7 Å². The molecule has 0 radical (unpaired) electrons. The second-order valence-electron chi connectivity index (χ2n) is 8.03. The lowest BCUT2D eigenvalue weighted by Crippen LogP contribution is -2.20. The number of nitrogens with one attached hydrogen (secondary N) is 1. The van der Waals surface area contributed by atoms with Gasteiger partial charge in [-0.05, 0) is 44.2 Å². The third-order valence-electron chi connectivity index (χ3n) is 5.40. The van der Waals surface area contributed by atoms with E-state index in [9.17, 15) is 4.79 Å². The topological polar surface area (TPSA) is 90.6 Å². The summed E-state index contributed by atoms with van der Waals surface area (Å²) in [6.07, 6.45) is 1.52. The van der Waals surface area contributed by atoms with Gasteiger partial charge in [0.05, 0.1) is 26.2 Å². The predicted molar refractivity (Wildman–Crippen MR) is 142 cm³/mol. The van der Waals surface area contributed by atoms with Crippen molar-refractivity contribution in [2.24, 2.45) is 5.10 Å². The van der Waals surface area contributed by atoms with Crippen LogP contribution in [0.4, 0.5) is 0 Å². The normalized spacial score (nSPS) is 11.0. The minimum absolute atomic E-state index is 0.116. The summed E-state index contributed by atoms with van der Waals surface area (Å²) in [5.74, 6) is 1.85. The van der Waals surface area contributed by atoms with Crippen LogP contribution in [0.5, 0.6) is 11.5 Å². The largest absolute Gasteiger partial charge is 0.497 e. The van der Waals surface area contributed by atoms with E-state index in [1.54, 1.807) is 32.4 Å². The van der Waals surface area contributed by atoms with E-state index < -0.39 is 0 Å². The van der Waals surface area contributed by atoms with Crippen LogP contribution in [0.3, 0.4) is 0 Å². The molecule has 0 saturated carbocycles. The molecule has 1 amide bonds. The van der Waals surface area contributed by atoms with Gasteiger partial charge in [-0.1, -0.05) is 59.3 Å². The van der Waals surface area contributed by atoms with Crippen molar-refractivity contribution < 1.29 is 14.3 Å². The Balaban J connectivity index is 1.50. The summed E-state index contributed by atoms with van der Waals surface area (Å²) in [7, 11) is 3.16. The first kappa shape index (κ1) is 25.0. The second kappa shape index (κ2) is 11.5. The quantitative estimate of drug-likeness (QED) is 0.201. The van der Waals surface area contributed by atoms with Crippen molar-refractivity contribution in [1.82, 2.24) is 20.2 Å². The summed E-state index contributed by atoms with van der Waals surface area (Å²) in [6, 6.07) is 21.6. The van der Waals surface area contributed by atoms with Crippen LogP contribution in [0.2, 0.25) is 0 Å². The highest BCUT2D eigenvalue weighted by Gasteiger charge is 2.17. The van der Waals surface area contributed by atoms with Crippen LogP contribution in [0, 0.1) is 13.8 Å². The van der Waals surface area contributed by atoms with Gasteiger partial charge < -0.3 is 9.47 Å². The molecule has 1 aromatic heterocycles. The fraction of sp³-hybridized carbons (Fsp3) is 0.185. The van der Waals surface area contributed by atoms with Gasteiger partial charge in [-0.25, -0.2) is 5.43 Å². The van der Waals surface area contributed by atoms with Crippen LogP contribution >= 0.6 is 11.8 Å². The Morgan fingerprint density at radius 2 is 1.67 bits per heavy atom. The zero-order chi connectivity index (χ0) is 25.5. The molecule has 36 heavy (non-hydrogen) atoms. The average molecular weight is 502 g/mol. The van der Waals surface area contributed by atoms with Crippen LogP contribution < -0.4 is 14.9 Å². The van der Waals surface area contributed by atoms with Gasteiger partial charge in [0.1, 0.15) is 11.5 Å². The third kappa shape index (κ3) is 5.92. The molecule has 0 aliphatic rings. The second-order valence-corrected chi connectivity index (χ2v) is 8.98. The number of methoxy groups -OCH3 is 2. The lowest BCUT2D eigenvalue weighted by molar-refractivity contribution is -0.118. The van der Waals surface area contributed by atoms with Crippen LogP contribution in [-0.4, -0.2) is 46.9 Å². The molecular formula is C27H27N5O3S. The maximum absolute atomic E-state index is 12.5. The summed E-state index contributed by atoms with van der Waals surface area (Å²) in [5, 5.41) is 13.5. The van der Waals surface area contributed by atoms with E-state index in [1.807, 2.05) is 66.9 Å². The molecule has 1 heterocycles. The number of rotatable bonds is 9. The fourth-order valence-electron chi connectivity index (χ4n) is 3.46. The monoisotopic (exact) mass is 501 g/mol. The molecular weight excluding hydrogens is 474 g/mol. The molecule has 3 aromatic carbocycles. The molecule has 0 saturated heterocycles. The molecule has 4 rings (SSSR count). The lowest BCUT2D eigenvalue weighted by atomic mass is 10.1. The Morgan fingerprint density at radius 3 is 2.33 bits per heavy atom. The number of hydrazone groups is 1. The Labute approximate surface area is 214 Å². The van der Waals surface area contributed by atoms with Crippen molar-refractivity contribution in [2.75, 3.05) is 20.0 Å². The van der Waals surface area contributed by atoms with Gasteiger partial charge in [-0.2, -0.15) is 5.10 Å². The number of nitrogens with zero attached hydrogens (tertiary/aromatic N) is 4. The van der Waals surface area contributed by atoms with E-state index >= 15 is 0 Å². The zero-order valence-electron chi connectivity index (χ0n) is 20.6. The number of aromatic nitrogens is 3. The molecule has 4 aromatic rings. The van der Waals surface area contributed by atoms with Gasteiger partial charge in [0.25, 0.3) is 5.91 Å². The van der Waals surface area contributed by atoms with Crippen molar-refractivity contribution in [3.05, 3.63) is 83.4 Å². The smallest absolute Gasteiger partial charge is 0.250 e. The summed E-state index contributed by atoms with van der Waals surface area (Å²) < 4.78 is 12.5. The number of ether oxygens (including phenoxy) is 2. The Kier molecular flexibility index (Phi) is 8.02. The summed E-state index contributed by atoms with van der Waals surface area (Å²) in [6.45, 7) is 4.08. The van der Waals surface area contributed by atoms with E-state index in [4.69, 9.17) is 9.47 Å². The number of benzene rings is 3. The number of aryl methyl sites for hydroxylation is 2. The highest BCUT2D eigenvalue weighted by molar-refractivity contribution is 7.99. The zero-order valence-corrected chi connectivity index (χ0v) is 21.4. The Hall–Kier alpha value is -4.11. The van der Waals surface area contributed by atoms with Gasteiger partial charge in [-0.15, -0.1) is 10.2 Å². The van der Waals surface area contributed by atoms with E-state index in [0.717, 1.165) is 16.8 Å². The molecule has 0 aliphatic carbocycles. The van der Waals surface area contributed by atoms with Crippen LogP contribution in [-0.2, 0) is 4.79 Å². The first-order chi connectivity index (χ1) is 17.5. The number of thioether (sulfide) groups is 1. The first-order valence-electron chi connectivity index (χ1n) is 11.2. The van der Waals surface area contributed by atoms with Crippen molar-refractivity contribution in [1.29, 1.82) is 0 Å². The highest BCUT2D eigenvalue weighted by Crippen LogP contribution is 2.28. The molecule has 9 heteroatoms. The summed E-state index contributed by atoms with van der Waals surface area (Å²) in [5.41, 5.74) is 7.43. The predicted octanol–water partition coefficient (Wildman–Crippen LogP) is 4.81. The third-order valence-corrected chi connectivity index (χ3v) is 6.33. The Morgan fingerprint density at radius 1 is 0.972 bits per heavy atom.